The molecule has 1 atom stereocenters. The van der Waals surface area contributed by atoms with Crippen LogP contribution in [0.5, 0.6) is 11.5 Å². The molecule has 0 aliphatic carbocycles. The van der Waals surface area contributed by atoms with E-state index in [2.05, 4.69) is 11.6 Å². The van der Waals surface area contributed by atoms with E-state index in [1.54, 1.807) is 62.4 Å². The van der Waals surface area contributed by atoms with Gasteiger partial charge >= 0.3 is 5.97 Å². The first-order valence-corrected chi connectivity index (χ1v) is 14.2. The lowest BCUT2D eigenvalue weighted by molar-refractivity contribution is -0.139. The minimum atomic E-state index is -0.747. The average Bonchev–Trinajstić information content (AvgIpc) is 3.29. The van der Waals surface area contributed by atoms with Gasteiger partial charge in [-0.05, 0) is 49.8 Å². The highest BCUT2D eigenvalue weighted by Gasteiger charge is 2.33. The van der Waals surface area contributed by atoms with Gasteiger partial charge in [-0.2, -0.15) is 0 Å². The van der Waals surface area contributed by atoms with Gasteiger partial charge in [0, 0.05) is 11.1 Å². The summed E-state index contributed by atoms with van der Waals surface area (Å²) in [6.07, 6.45) is 3.38. The molecule has 0 fully saturated rings. The Labute approximate surface area is 246 Å². The lowest BCUT2D eigenvalue weighted by atomic mass is 9.96. The number of thiazole rings is 1. The first-order valence-electron chi connectivity index (χ1n) is 13.4. The minimum absolute atomic E-state index is 0.0351. The number of ether oxygens (including phenoxy) is 3. The summed E-state index contributed by atoms with van der Waals surface area (Å²) in [6.45, 7) is 7.71. The van der Waals surface area contributed by atoms with E-state index in [9.17, 15) is 14.0 Å². The van der Waals surface area contributed by atoms with Crippen molar-refractivity contribution in [3.05, 3.63) is 139 Å². The van der Waals surface area contributed by atoms with E-state index in [1.807, 2.05) is 30.3 Å². The molecule has 0 bridgehead atoms. The molecular weight excluding hydrogens is 555 g/mol. The zero-order valence-corrected chi connectivity index (χ0v) is 24.0. The third kappa shape index (κ3) is 5.96. The van der Waals surface area contributed by atoms with Gasteiger partial charge in [0.05, 0.1) is 28.5 Å². The van der Waals surface area contributed by atoms with Gasteiger partial charge in [-0.15, -0.1) is 0 Å². The standard InChI is InChI=1S/C33H29FN2O5S/c1-4-18-40-25-16-14-22(15-17-25)30-29(32(38)39-5-2)21(3)35-33-36(30)31(37)28(42-33)19-23-10-7-9-13-27(23)41-20-24-11-6-8-12-26(24)34/h4,6-17,19,30H,1,5,18,20H2,2-3H3/b28-19-/t30-/m0/s1. The number of allylic oxidation sites excluding steroid dienone is 1. The number of nitrogens with zero attached hydrogens (tertiary/aromatic N) is 2. The number of rotatable bonds is 10. The van der Waals surface area contributed by atoms with Crippen LogP contribution in [0.25, 0.3) is 6.08 Å². The number of benzene rings is 3. The molecule has 0 unspecified atom stereocenters. The Kier molecular flexibility index (Phi) is 8.78. The molecule has 1 aliphatic rings. The molecule has 0 amide bonds. The molecular formula is C33H29FN2O5S. The zero-order valence-electron chi connectivity index (χ0n) is 23.2. The molecule has 0 saturated carbocycles. The molecule has 0 spiro atoms. The minimum Gasteiger partial charge on any atom is -0.490 e. The maximum Gasteiger partial charge on any atom is 0.338 e. The van der Waals surface area contributed by atoms with Gasteiger partial charge in [0.2, 0.25) is 0 Å². The third-order valence-electron chi connectivity index (χ3n) is 6.63. The topological polar surface area (TPSA) is 79.1 Å². The lowest BCUT2D eigenvalue weighted by Gasteiger charge is -2.24. The third-order valence-corrected chi connectivity index (χ3v) is 7.61. The highest BCUT2D eigenvalue weighted by molar-refractivity contribution is 7.07. The summed E-state index contributed by atoms with van der Waals surface area (Å²) in [7, 11) is 0. The van der Waals surface area contributed by atoms with Crippen LogP contribution in [-0.2, 0) is 16.1 Å². The van der Waals surface area contributed by atoms with Crippen LogP contribution in [0.1, 0.15) is 36.6 Å². The van der Waals surface area contributed by atoms with Gasteiger partial charge in [-0.3, -0.25) is 9.36 Å². The first-order chi connectivity index (χ1) is 20.4. The van der Waals surface area contributed by atoms with Crippen molar-refractivity contribution < 1.29 is 23.4 Å². The van der Waals surface area contributed by atoms with Crippen LogP contribution in [0.3, 0.4) is 0 Å². The Hall–Kier alpha value is -4.76. The predicted molar refractivity (Wildman–Crippen MR) is 160 cm³/mol. The average molecular weight is 585 g/mol. The number of carbonyl (C=O) groups excluding carboxylic acids is 1. The van der Waals surface area contributed by atoms with Crippen LogP contribution in [0.15, 0.2) is 107 Å². The van der Waals surface area contributed by atoms with Gasteiger partial charge < -0.3 is 14.2 Å². The molecule has 3 aromatic carbocycles. The predicted octanol–water partition coefficient (Wildman–Crippen LogP) is 5.08. The summed E-state index contributed by atoms with van der Waals surface area (Å²) in [6, 6.07) is 20.1. The van der Waals surface area contributed by atoms with Crippen molar-refractivity contribution in [2.24, 2.45) is 4.99 Å². The summed E-state index contributed by atoms with van der Waals surface area (Å²) >= 11 is 1.22. The number of hydrogen-bond donors (Lipinski definition) is 0. The van der Waals surface area contributed by atoms with Crippen molar-refractivity contribution in [1.29, 1.82) is 0 Å². The van der Waals surface area contributed by atoms with Crippen LogP contribution in [0, 0.1) is 5.82 Å². The number of esters is 1. The van der Waals surface area contributed by atoms with E-state index in [0.29, 0.717) is 55.4 Å². The van der Waals surface area contributed by atoms with E-state index >= 15 is 0 Å². The molecule has 5 rings (SSSR count). The van der Waals surface area contributed by atoms with Crippen molar-refractivity contribution >= 4 is 23.4 Å². The molecule has 9 heteroatoms. The highest BCUT2D eigenvalue weighted by atomic mass is 32.1. The number of para-hydroxylation sites is 1. The molecule has 0 saturated heterocycles. The molecule has 7 nitrogen and oxygen atoms in total. The highest BCUT2D eigenvalue weighted by Crippen LogP contribution is 2.32. The number of carbonyl (C=O) groups is 1. The van der Waals surface area contributed by atoms with Crippen molar-refractivity contribution in [3.8, 4) is 11.5 Å². The second-order valence-electron chi connectivity index (χ2n) is 9.39. The van der Waals surface area contributed by atoms with Crippen molar-refractivity contribution in [1.82, 2.24) is 4.57 Å². The first kappa shape index (κ1) is 28.8. The fraction of sp³-hybridized carbons (Fsp3) is 0.182. The van der Waals surface area contributed by atoms with Gasteiger partial charge in [0.25, 0.3) is 5.56 Å². The molecule has 1 aromatic heterocycles. The van der Waals surface area contributed by atoms with Crippen LogP contribution >= 0.6 is 11.3 Å². The van der Waals surface area contributed by atoms with E-state index < -0.39 is 12.0 Å². The second-order valence-corrected chi connectivity index (χ2v) is 10.4. The summed E-state index contributed by atoms with van der Waals surface area (Å²) in [5.74, 6) is 0.256. The van der Waals surface area contributed by atoms with E-state index in [1.165, 1.54) is 22.0 Å². The van der Waals surface area contributed by atoms with Gasteiger partial charge in [0.15, 0.2) is 4.80 Å². The number of halogens is 1. The molecule has 2 heterocycles. The normalized spacial score (nSPS) is 14.6. The van der Waals surface area contributed by atoms with E-state index in [4.69, 9.17) is 14.2 Å². The number of aromatic nitrogens is 1. The summed E-state index contributed by atoms with van der Waals surface area (Å²) in [5.41, 5.74) is 2.25. The van der Waals surface area contributed by atoms with E-state index in [0.717, 1.165) is 0 Å². The Balaban J connectivity index is 1.58. The quantitative estimate of drug-likeness (QED) is 0.192. The van der Waals surface area contributed by atoms with Crippen LogP contribution in [0.4, 0.5) is 4.39 Å². The maximum absolute atomic E-state index is 14.2. The van der Waals surface area contributed by atoms with Crippen LogP contribution in [0.2, 0.25) is 0 Å². The van der Waals surface area contributed by atoms with Crippen LogP contribution in [-0.4, -0.2) is 23.8 Å². The molecule has 0 radical (unpaired) electrons. The van der Waals surface area contributed by atoms with Crippen molar-refractivity contribution in [2.75, 3.05) is 13.2 Å². The fourth-order valence-electron chi connectivity index (χ4n) is 4.65. The molecule has 214 valence electrons. The van der Waals surface area contributed by atoms with Gasteiger partial charge in [-0.1, -0.05) is 72.5 Å². The summed E-state index contributed by atoms with van der Waals surface area (Å²) < 4.78 is 33.0. The molecule has 42 heavy (non-hydrogen) atoms. The van der Waals surface area contributed by atoms with Gasteiger partial charge in [0.1, 0.15) is 30.5 Å². The fourth-order valence-corrected chi connectivity index (χ4v) is 5.69. The second kappa shape index (κ2) is 12.8. The zero-order chi connectivity index (χ0) is 29.6. The molecule has 1 aliphatic heterocycles. The lowest BCUT2D eigenvalue weighted by Crippen LogP contribution is -2.39. The number of hydrogen-bond acceptors (Lipinski definition) is 7. The Bertz CT molecular complexity index is 1840. The van der Waals surface area contributed by atoms with Crippen molar-refractivity contribution in [3.63, 3.8) is 0 Å². The maximum atomic E-state index is 14.2. The SMILES string of the molecule is C=CCOc1ccc([C@H]2C(C(=O)OCC)=C(C)N=c3s/c(=C\c4ccccc4OCc4ccccc4F)c(=O)n32)cc1. The molecule has 0 N–H and O–H groups in total. The Morgan fingerprint density at radius 2 is 1.81 bits per heavy atom. The van der Waals surface area contributed by atoms with Crippen LogP contribution < -0.4 is 24.4 Å². The molecule has 4 aromatic rings. The monoisotopic (exact) mass is 584 g/mol. The van der Waals surface area contributed by atoms with E-state index in [-0.39, 0.29) is 24.6 Å². The summed E-state index contributed by atoms with van der Waals surface area (Å²) in [4.78, 5) is 32.2. The smallest absolute Gasteiger partial charge is 0.338 e. The number of fused-ring (bicyclic) bond motifs is 1. The van der Waals surface area contributed by atoms with Gasteiger partial charge in [-0.25, -0.2) is 14.2 Å². The Morgan fingerprint density at radius 3 is 2.55 bits per heavy atom. The summed E-state index contributed by atoms with van der Waals surface area (Å²) in [5, 5.41) is 0. The van der Waals surface area contributed by atoms with Crippen molar-refractivity contribution in [2.45, 2.75) is 26.5 Å². The Morgan fingerprint density at radius 1 is 1.07 bits per heavy atom. The largest absolute Gasteiger partial charge is 0.490 e.